The average molecular weight is 597 g/mol. The van der Waals surface area contributed by atoms with Gasteiger partial charge in [0, 0.05) is 56.6 Å². The molecule has 4 bridgehead atoms. The van der Waals surface area contributed by atoms with Gasteiger partial charge in [0.25, 0.3) is 11.8 Å². The fourth-order valence-corrected chi connectivity index (χ4v) is 5.86. The summed E-state index contributed by atoms with van der Waals surface area (Å²) < 4.78 is 19.7. The summed E-state index contributed by atoms with van der Waals surface area (Å²) in [4.78, 5) is 41.3. The first kappa shape index (κ1) is 29.1. The second kappa shape index (κ2) is 12.7. The van der Waals surface area contributed by atoms with Crippen LogP contribution in [0, 0.1) is 0 Å². The van der Waals surface area contributed by atoms with E-state index < -0.39 is 6.04 Å². The van der Waals surface area contributed by atoms with Gasteiger partial charge in [0.1, 0.15) is 11.9 Å². The van der Waals surface area contributed by atoms with Gasteiger partial charge < -0.3 is 34.3 Å². The van der Waals surface area contributed by atoms with Crippen LogP contribution in [0.3, 0.4) is 0 Å². The van der Waals surface area contributed by atoms with E-state index in [0.717, 1.165) is 22.0 Å². The van der Waals surface area contributed by atoms with E-state index in [4.69, 9.17) is 14.2 Å². The summed E-state index contributed by atoms with van der Waals surface area (Å²) in [5.74, 6) is 1.07. The van der Waals surface area contributed by atoms with Crippen LogP contribution in [0.15, 0.2) is 72.9 Å². The summed E-state index contributed by atoms with van der Waals surface area (Å²) in [6.45, 7) is 0.916. The fraction of sp³-hybridized carbons (Fsp3) is 0.324. The minimum atomic E-state index is -0.479. The number of carbonyl (C=O) groups excluding carboxylic acids is 3. The molecule has 2 atom stereocenters. The van der Waals surface area contributed by atoms with Gasteiger partial charge in [0.2, 0.25) is 5.91 Å². The van der Waals surface area contributed by atoms with E-state index in [9.17, 15) is 14.4 Å². The molecule has 0 radical (unpaired) electrons. The summed E-state index contributed by atoms with van der Waals surface area (Å²) in [7, 11) is 3.46. The molecule has 5 aliphatic rings. The summed E-state index contributed by atoms with van der Waals surface area (Å²) in [6, 6.07) is 20.3. The van der Waals surface area contributed by atoms with Crippen LogP contribution in [-0.2, 0) is 29.6 Å². The minimum Gasteiger partial charge on any atom is -0.493 e. The SMILES string of the molecule is COc1cc2ccc1OCC(=O)N[C@@H]1CN(C(=O)c3cn(C)c4ccccc34)CC[C@H]1Oc1ccc(cc1)CNC(=O)CC2. The van der Waals surface area contributed by atoms with Crippen molar-refractivity contribution in [1.82, 2.24) is 20.1 Å². The lowest BCUT2D eigenvalue weighted by molar-refractivity contribution is -0.125. The van der Waals surface area contributed by atoms with Crippen LogP contribution in [0.4, 0.5) is 0 Å². The molecule has 44 heavy (non-hydrogen) atoms. The van der Waals surface area contributed by atoms with Crippen molar-refractivity contribution in [3.8, 4) is 17.2 Å². The molecule has 0 saturated carbocycles. The average Bonchev–Trinajstić information content (AvgIpc) is 3.38. The Morgan fingerprint density at radius 1 is 0.977 bits per heavy atom. The molecule has 1 aromatic heterocycles. The molecule has 6 heterocycles. The van der Waals surface area contributed by atoms with E-state index in [1.54, 1.807) is 11.0 Å². The number of hydrogen-bond acceptors (Lipinski definition) is 6. The number of aryl methyl sites for hydroxylation is 2. The summed E-state index contributed by atoms with van der Waals surface area (Å²) in [6.07, 6.45) is 2.87. The summed E-state index contributed by atoms with van der Waals surface area (Å²) >= 11 is 0. The predicted octanol–water partition coefficient (Wildman–Crippen LogP) is 3.61. The molecule has 0 spiro atoms. The Bertz CT molecular complexity index is 1680. The number of benzene rings is 3. The quantitative estimate of drug-likeness (QED) is 0.366. The van der Waals surface area contributed by atoms with Gasteiger partial charge in [-0.15, -0.1) is 0 Å². The predicted molar refractivity (Wildman–Crippen MR) is 165 cm³/mol. The van der Waals surface area contributed by atoms with Crippen LogP contribution in [-0.4, -0.2) is 66.1 Å². The number of piperidine rings is 1. The Morgan fingerprint density at radius 2 is 1.77 bits per heavy atom. The highest BCUT2D eigenvalue weighted by Crippen LogP contribution is 2.29. The van der Waals surface area contributed by atoms with Crippen molar-refractivity contribution in [3.63, 3.8) is 0 Å². The molecule has 1 saturated heterocycles. The molecular weight excluding hydrogens is 560 g/mol. The number of nitrogens with zero attached hydrogens (tertiary/aromatic N) is 2. The molecule has 10 nitrogen and oxygen atoms in total. The van der Waals surface area contributed by atoms with E-state index >= 15 is 0 Å². The third-order valence-corrected chi connectivity index (χ3v) is 8.24. The zero-order chi connectivity index (χ0) is 30.6. The maximum absolute atomic E-state index is 13.8. The molecule has 0 unspecified atom stereocenters. The van der Waals surface area contributed by atoms with Gasteiger partial charge >= 0.3 is 0 Å². The number of likely N-dealkylation sites (tertiary alicyclic amines) is 1. The molecule has 228 valence electrons. The lowest BCUT2D eigenvalue weighted by Crippen LogP contribution is -2.58. The second-order valence-electron chi connectivity index (χ2n) is 11.2. The third-order valence-electron chi connectivity index (χ3n) is 8.24. The van der Waals surface area contributed by atoms with Crippen molar-refractivity contribution >= 4 is 28.6 Å². The molecule has 9 rings (SSSR count). The zero-order valence-electron chi connectivity index (χ0n) is 24.9. The summed E-state index contributed by atoms with van der Waals surface area (Å²) in [5.41, 5.74) is 3.48. The van der Waals surface area contributed by atoms with Crippen molar-refractivity contribution in [3.05, 3.63) is 89.6 Å². The maximum Gasteiger partial charge on any atom is 0.258 e. The van der Waals surface area contributed by atoms with E-state index in [-0.39, 0.29) is 37.0 Å². The molecule has 3 aromatic carbocycles. The summed E-state index contributed by atoms with van der Waals surface area (Å²) in [5, 5.41) is 6.93. The van der Waals surface area contributed by atoms with Crippen molar-refractivity contribution in [2.45, 2.75) is 38.0 Å². The van der Waals surface area contributed by atoms with Gasteiger partial charge in [-0.2, -0.15) is 0 Å². The lowest BCUT2D eigenvalue weighted by atomic mass is 10.00. The number of para-hydroxylation sites is 1. The Labute approximate surface area is 255 Å². The van der Waals surface area contributed by atoms with Crippen molar-refractivity contribution in [1.29, 1.82) is 0 Å². The number of carbonyl (C=O) groups is 3. The maximum atomic E-state index is 13.8. The van der Waals surface area contributed by atoms with Gasteiger partial charge in [-0.1, -0.05) is 36.4 Å². The number of amides is 3. The van der Waals surface area contributed by atoms with Crippen LogP contribution in [0.25, 0.3) is 10.9 Å². The van der Waals surface area contributed by atoms with Crippen molar-refractivity contribution in [2.75, 3.05) is 26.8 Å². The van der Waals surface area contributed by atoms with Crippen molar-refractivity contribution < 1.29 is 28.6 Å². The number of aromatic nitrogens is 1. The van der Waals surface area contributed by atoms with Gasteiger partial charge in [-0.05, 0) is 47.9 Å². The number of nitrogens with one attached hydrogen (secondary N) is 2. The third kappa shape index (κ3) is 6.34. The normalized spacial score (nSPS) is 19.4. The molecule has 4 aromatic rings. The highest BCUT2D eigenvalue weighted by molar-refractivity contribution is 6.07. The smallest absolute Gasteiger partial charge is 0.258 e. The van der Waals surface area contributed by atoms with Crippen LogP contribution < -0.4 is 24.8 Å². The molecule has 3 amide bonds. The Kier molecular flexibility index (Phi) is 8.40. The highest BCUT2D eigenvalue weighted by atomic mass is 16.5. The molecule has 10 heteroatoms. The topological polar surface area (TPSA) is 111 Å². The number of hydrogen-bond donors (Lipinski definition) is 2. The van der Waals surface area contributed by atoms with Crippen molar-refractivity contribution in [2.24, 2.45) is 7.05 Å². The minimum absolute atomic E-state index is 0.0525. The van der Waals surface area contributed by atoms with E-state index in [1.165, 1.54) is 7.11 Å². The first-order valence-electron chi connectivity index (χ1n) is 14.8. The molecule has 1 fully saturated rings. The Hall–Kier alpha value is -4.99. The molecule has 0 aliphatic carbocycles. The Morgan fingerprint density at radius 3 is 2.59 bits per heavy atom. The van der Waals surface area contributed by atoms with Gasteiger partial charge in [0.05, 0.1) is 18.7 Å². The van der Waals surface area contributed by atoms with Crippen LogP contribution in [0.2, 0.25) is 0 Å². The zero-order valence-corrected chi connectivity index (χ0v) is 24.9. The van der Waals surface area contributed by atoms with E-state index in [0.29, 0.717) is 55.2 Å². The molecule has 5 aliphatic heterocycles. The monoisotopic (exact) mass is 596 g/mol. The van der Waals surface area contributed by atoms with Crippen LogP contribution in [0.5, 0.6) is 17.2 Å². The fourth-order valence-electron chi connectivity index (χ4n) is 5.86. The van der Waals surface area contributed by atoms with E-state index in [2.05, 4.69) is 10.6 Å². The van der Waals surface area contributed by atoms with Gasteiger partial charge in [-0.25, -0.2) is 0 Å². The number of rotatable bonds is 2. The van der Waals surface area contributed by atoms with Crippen LogP contribution in [0.1, 0.15) is 34.3 Å². The largest absolute Gasteiger partial charge is 0.493 e. The highest BCUT2D eigenvalue weighted by Gasteiger charge is 2.35. The van der Waals surface area contributed by atoms with Gasteiger partial charge in [-0.3, -0.25) is 14.4 Å². The van der Waals surface area contributed by atoms with Gasteiger partial charge in [0.15, 0.2) is 18.1 Å². The lowest BCUT2D eigenvalue weighted by Gasteiger charge is -2.38. The first-order valence-corrected chi connectivity index (χ1v) is 14.8. The van der Waals surface area contributed by atoms with E-state index in [1.807, 2.05) is 78.5 Å². The molecular formula is C34H36N4O6. The number of ether oxygens (including phenoxy) is 3. The molecule has 2 N–H and O–H groups in total. The van der Waals surface area contributed by atoms with Crippen LogP contribution >= 0.6 is 0 Å². The first-order chi connectivity index (χ1) is 21.4. The standard InChI is InChI=1S/C34H36N4O6/c1-37-19-26(25-5-3-4-6-28(25)37)34(41)38-16-15-29-27(20-38)36-33(40)21-43-30-13-9-22(17-31(30)42-2)10-14-32(39)35-18-23-7-11-24(44-29)12-8-23/h3-9,11-13,17,19,27,29H,10,14-16,18,20-21H2,1-2H3,(H,35,39)(H,36,40)/t27-,29-/m1/s1. The number of methoxy groups -OCH3 is 1. The number of fused-ring (bicyclic) bond motifs is 1. The Balaban J connectivity index is 1.25. The second-order valence-corrected chi connectivity index (χ2v) is 11.2.